The summed E-state index contributed by atoms with van der Waals surface area (Å²) >= 11 is 17.2. The summed E-state index contributed by atoms with van der Waals surface area (Å²) in [6.45, 7) is 7.96. The number of nitrogens with one attached hydrogen (secondary N) is 3. The Kier molecular flexibility index (Phi) is 8.95. The molecule has 0 aliphatic heterocycles. The van der Waals surface area contributed by atoms with Crippen molar-refractivity contribution >= 4 is 63.7 Å². The van der Waals surface area contributed by atoms with Crippen LogP contribution in [0.3, 0.4) is 0 Å². The van der Waals surface area contributed by atoms with Crippen molar-refractivity contribution in [1.82, 2.24) is 5.32 Å². The van der Waals surface area contributed by atoms with Gasteiger partial charge in [0, 0.05) is 22.0 Å². The van der Waals surface area contributed by atoms with E-state index in [0.717, 1.165) is 5.56 Å². The summed E-state index contributed by atoms with van der Waals surface area (Å²) in [5, 5.41) is 9.26. The average molecular weight is 545 g/mol. The Morgan fingerprint density at radius 2 is 1.47 bits per heavy atom. The van der Waals surface area contributed by atoms with Gasteiger partial charge >= 0.3 is 0 Å². The number of hydrogen-bond donors (Lipinski definition) is 3. The summed E-state index contributed by atoms with van der Waals surface area (Å²) in [7, 11) is 0. The molecule has 0 saturated carbocycles. The maximum absolute atomic E-state index is 12.6. The third-order valence-corrected chi connectivity index (χ3v) is 5.95. The van der Waals surface area contributed by atoms with Crippen molar-refractivity contribution < 1.29 is 14.3 Å². The fourth-order valence-electron chi connectivity index (χ4n) is 3.15. The molecule has 0 fully saturated rings. The SMILES string of the molecule is CC(Oc1ccc(Cl)cc1Cl)C(=O)NC(=S)Nc1ccc(NC(=O)c2ccc(C(C)(C)C)cc2)cc1. The molecule has 1 unspecified atom stereocenters. The van der Waals surface area contributed by atoms with E-state index in [2.05, 4.69) is 36.7 Å². The third-order valence-electron chi connectivity index (χ3n) is 5.22. The number of hydrogen-bond acceptors (Lipinski definition) is 4. The van der Waals surface area contributed by atoms with Crippen LogP contribution in [0.4, 0.5) is 11.4 Å². The van der Waals surface area contributed by atoms with Crippen molar-refractivity contribution in [3.05, 3.63) is 87.9 Å². The Labute approximate surface area is 226 Å². The molecule has 9 heteroatoms. The van der Waals surface area contributed by atoms with Crippen molar-refractivity contribution in [2.75, 3.05) is 10.6 Å². The van der Waals surface area contributed by atoms with Gasteiger partial charge in [0.1, 0.15) is 5.75 Å². The molecule has 0 aliphatic carbocycles. The third kappa shape index (κ3) is 7.68. The van der Waals surface area contributed by atoms with E-state index in [1.54, 1.807) is 43.3 Å². The van der Waals surface area contributed by atoms with E-state index in [9.17, 15) is 9.59 Å². The van der Waals surface area contributed by atoms with Gasteiger partial charge in [0.15, 0.2) is 11.2 Å². The van der Waals surface area contributed by atoms with Crippen LogP contribution in [0, 0.1) is 0 Å². The van der Waals surface area contributed by atoms with Gasteiger partial charge in [-0.1, -0.05) is 56.1 Å². The molecule has 0 bridgehead atoms. The van der Waals surface area contributed by atoms with Gasteiger partial charge in [0.25, 0.3) is 11.8 Å². The summed E-state index contributed by atoms with van der Waals surface area (Å²) in [5.74, 6) is -0.306. The van der Waals surface area contributed by atoms with E-state index >= 15 is 0 Å². The minimum Gasteiger partial charge on any atom is -0.479 e. The fraction of sp³-hybridized carbons (Fsp3) is 0.222. The molecule has 0 aromatic heterocycles. The van der Waals surface area contributed by atoms with Gasteiger partial charge in [-0.3, -0.25) is 14.9 Å². The second kappa shape index (κ2) is 11.7. The van der Waals surface area contributed by atoms with Crippen LogP contribution in [-0.2, 0) is 10.2 Å². The Morgan fingerprint density at radius 3 is 2.03 bits per heavy atom. The maximum atomic E-state index is 12.6. The zero-order valence-corrected chi connectivity index (χ0v) is 22.6. The first kappa shape index (κ1) is 27.5. The van der Waals surface area contributed by atoms with Crippen LogP contribution in [0.25, 0.3) is 0 Å². The Morgan fingerprint density at radius 1 is 0.889 bits per heavy atom. The van der Waals surface area contributed by atoms with E-state index in [0.29, 0.717) is 32.7 Å². The molecule has 3 rings (SSSR count). The van der Waals surface area contributed by atoms with Crippen molar-refractivity contribution in [3.8, 4) is 5.75 Å². The summed E-state index contributed by atoms with van der Waals surface area (Å²) in [5.41, 5.74) is 3.02. The molecule has 0 aliphatic rings. The van der Waals surface area contributed by atoms with Crippen LogP contribution in [0.5, 0.6) is 5.75 Å². The molecule has 0 spiro atoms. The number of thiocarbonyl (C=S) groups is 1. The summed E-state index contributed by atoms with van der Waals surface area (Å²) in [6, 6.07) is 19.3. The van der Waals surface area contributed by atoms with Gasteiger partial charge < -0.3 is 15.4 Å². The van der Waals surface area contributed by atoms with Gasteiger partial charge in [-0.2, -0.15) is 0 Å². The minimum absolute atomic E-state index is 0.0212. The Balaban J connectivity index is 1.51. The first-order chi connectivity index (χ1) is 16.9. The van der Waals surface area contributed by atoms with E-state index in [1.807, 2.05) is 24.3 Å². The molecular weight excluding hydrogens is 517 g/mol. The first-order valence-electron chi connectivity index (χ1n) is 11.2. The topological polar surface area (TPSA) is 79.5 Å². The molecule has 0 saturated heterocycles. The van der Waals surface area contributed by atoms with E-state index in [-0.39, 0.29) is 16.4 Å². The van der Waals surface area contributed by atoms with Gasteiger partial charge in [-0.25, -0.2) is 0 Å². The Bertz CT molecular complexity index is 1260. The molecule has 3 aromatic carbocycles. The predicted molar refractivity (Wildman–Crippen MR) is 150 cm³/mol. The number of ether oxygens (including phenoxy) is 1. The van der Waals surface area contributed by atoms with E-state index in [1.165, 1.54) is 6.07 Å². The largest absolute Gasteiger partial charge is 0.479 e. The molecule has 36 heavy (non-hydrogen) atoms. The van der Waals surface area contributed by atoms with Crippen LogP contribution in [0.2, 0.25) is 10.0 Å². The predicted octanol–water partition coefficient (Wildman–Crippen LogP) is 6.82. The number of anilines is 2. The van der Waals surface area contributed by atoms with Gasteiger partial charge in [-0.15, -0.1) is 0 Å². The summed E-state index contributed by atoms with van der Waals surface area (Å²) < 4.78 is 5.59. The standard InChI is InChI=1S/C27H27Cl2N3O3S/c1-16(35-23-14-9-19(28)15-22(23)29)24(33)32-26(36)31-21-12-10-20(11-13-21)30-25(34)17-5-7-18(8-6-17)27(2,3)4/h5-16H,1-4H3,(H,30,34)(H2,31,32,33,36). The lowest BCUT2D eigenvalue weighted by molar-refractivity contribution is -0.125. The van der Waals surface area contributed by atoms with Gasteiger partial charge in [0.2, 0.25) is 0 Å². The van der Waals surface area contributed by atoms with Gasteiger partial charge in [0.05, 0.1) is 5.02 Å². The highest BCUT2D eigenvalue weighted by atomic mass is 35.5. The maximum Gasteiger partial charge on any atom is 0.266 e. The number of halogens is 2. The first-order valence-corrected chi connectivity index (χ1v) is 12.3. The highest BCUT2D eigenvalue weighted by Gasteiger charge is 2.18. The highest BCUT2D eigenvalue weighted by Crippen LogP contribution is 2.28. The molecule has 3 aromatic rings. The van der Waals surface area contributed by atoms with Crippen LogP contribution in [-0.4, -0.2) is 23.0 Å². The summed E-state index contributed by atoms with van der Waals surface area (Å²) in [6.07, 6.45) is -0.849. The molecule has 3 N–H and O–H groups in total. The second-order valence-electron chi connectivity index (χ2n) is 9.14. The smallest absolute Gasteiger partial charge is 0.266 e. The lowest BCUT2D eigenvalue weighted by Gasteiger charge is -2.19. The number of rotatable bonds is 6. The normalized spacial score (nSPS) is 11.8. The van der Waals surface area contributed by atoms with Crippen LogP contribution in [0.15, 0.2) is 66.7 Å². The molecular formula is C27H27Cl2N3O3S. The van der Waals surface area contributed by atoms with Crippen molar-refractivity contribution in [2.45, 2.75) is 39.2 Å². The number of carbonyl (C=O) groups is 2. The quantitative estimate of drug-likeness (QED) is 0.297. The number of carbonyl (C=O) groups excluding carboxylic acids is 2. The number of amides is 2. The van der Waals surface area contributed by atoms with Crippen LogP contribution < -0.4 is 20.7 Å². The lowest BCUT2D eigenvalue weighted by atomic mass is 9.87. The molecule has 0 heterocycles. The minimum atomic E-state index is -0.849. The average Bonchev–Trinajstić information content (AvgIpc) is 2.81. The molecule has 2 amide bonds. The van der Waals surface area contributed by atoms with Crippen molar-refractivity contribution in [3.63, 3.8) is 0 Å². The molecule has 1 atom stereocenters. The highest BCUT2D eigenvalue weighted by molar-refractivity contribution is 7.80. The van der Waals surface area contributed by atoms with Gasteiger partial charge in [-0.05, 0) is 84.7 Å². The zero-order chi connectivity index (χ0) is 26.5. The van der Waals surface area contributed by atoms with Crippen LogP contribution >= 0.6 is 35.4 Å². The molecule has 6 nitrogen and oxygen atoms in total. The molecule has 188 valence electrons. The Hall–Kier alpha value is -3.13. The number of benzene rings is 3. The summed E-state index contributed by atoms with van der Waals surface area (Å²) in [4.78, 5) is 25.0. The van der Waals surface area contributed by atoms with E-state index < -0.39 is 12.0 Å². The monoisotopic (exact) mass is 543 g/mol. The van der Waals surface area contributed by atoms with Crippen molar-refractivity contribution in [1.29, 1.82) is 0 Å². The van der Waals surface area contributed by atoms with E-state index in [4.69, 9.17) is 40.2 Å². The fourth-order valence-corrected chi connectivity index (χ4v) is 3.82. The second-order valence-corrected chi connectivity index (χ2v) is 10.4. The van der Waals surface area contributed by atoms with Crippen molar-refractivity contribution in [2.24, 2.45) is 0 Å². The van der Waals surface area contributed by atoms with Crippen LogP contribution in [0.1, 0.15) is 43.6 Å². The molecule has 0 radical (unpaired) electrons. The lowest BCUT2D eigenvalue weighted by Crippen LogP contribution is -2.42. The zero-order valence-electron chi connectivity index (χ0n) is 20.3.